The predicted molar refractivity (Wildman–Crippen MR) is 96.3 cm³/mol. The molecule has 1 aromatic rings. The lowest BCUT2D eigenvalue weighted by atomic mass is 10.2. The molecular weight excluding hydrogens is 344 g/mol. The quantitative estimate of drug-likeness (QED) is 0.818. The molecule has 3 rings (SSSR count). The maximum Gasteiger partial charge on any atom is 0.414 e. The van der Waals surface area contributed by atoms with Crippen molar-refractivity contribution in [3.05, 3.63) is 18.2 Å². The van der Waals surface area contributed by atoms with Crippen molar-refractivity contribution < 1.29 is 19.2 Å². The van der Waals surface area contributed by atoms with Crippen molar-refractivity contribution in [2.45, 2.75) is 17.9 Å². The molecule has 1 fully saturated rings. The molecule has 1 saturated heterocycles. The highest BCUT2D eigenvalue weighted by molar-refractivity contribution is 8.00. The van der Waals surface area contributed by atoms with E-state index in [0.29, 0.717) is 18.8 Å². The number of rotatable bonds is 4. The van der Waals surface area contributed by atoms with Crippen LogP contribution in [0.25, 0.3) is 0 Å². The molecular formula is C16H20N4O4S. The summed E-state index contributed by atoms with van der Waals surface area (Å²) in [5.74, 6) is 1.39. The van der Waals surface area contributed by atoms with Crippen molar-refractivity contribution in [1.82, 2.24) is 5.32 Å². The number of amidine groups is 1. The van der Waals surface area contributed by atoms with Crippen LogP contribution in [0.2, 0.25) is 0 Å². The molecule has 0 aliphatic carbocycles. The molecule has 0 aromatic heterocycles. The maximum atomic E-state index is 12.1. The minimum atomic E-state index is -0.397. The van der Waals surface area contributed by atoms with Gasteiger partial charge in [0.25, 0.3) is 0 Å². The summed E-state index contributed by atoms with van der Waals surface area (Å²) in [6, 6.07) is 5.81. The summed E-state index contributed by atoms with van der Waals surface area (Å²) >= 11 is 1.64. The van der Waals surface area contributed by atoms with Crippen molar-refractivity contribution in [2.24, 2.45) is 5.16 Å². The monoisotopic (exact) mass is 364 g/mol. The Morgan fingerprint density at radius 2 is 2.32 bits per heavy atom. The molecule has 0 saturated carbocycles. The smallest absolute Gasteiger partial charge is 0.414 e. The van der Waals surface area contributed by atoms with Gasteiger partial charge in [-0.3, -0.25) is 9.69 Å². The zero-order valence-corrected chi connectivity index (χ0v) is 15.1. The zero-order valence-electron chi connectivity index (χ0n) is 14.3. The lowest BCUT2D eigenvalue weighted by molar-refractivity contribution is -0.119. The molecule has 8 nitrogen and oxygen atoms in total. The number of amides is 2. The van der Waals surface area contributed by atoms with E-state index in [1.807, 2.05) is 30.1 Å². The average molecular weight is 364 g/mol. The minimum Gasteiger partial charge on any atom is -0.442 e. The van der Waals surface area contributed by atoms with Crippen LogP contribution in [-0.4, -0.2) is 56.9 Å². The maximum absolute atomic E-state index is 12.1. The number of fused-ring (bicyclic) bond motifs is 1. The fraction of sp³-hybridized carbons (Fsp3) is 0.438. The van der Waals surface area contributed by atoms with E-state index in [0.717, 1.165) is 22.1 Å². The van der Waals surface area contributed by atoms with Gasteiger partial charge in [-0.2, -0.15) is 0 Å². The molecule has 1 N–H and O–H groups in total. The molecule has 2 aliphatic rings. The van der Waals surface area contributed by atoms with E-state index in [2.05, 4.69) is 10.5 Å². The van der Waals surface area contributed by atoms with Crippen LogP contribution in [-0.2, 0) is 14.4 Å². The Morgan fingerprint density at radius 3 is 3.04 bits per heavy atom. The first-order valence-electron chi connectivity index (χ1n) is 7.82. The third-order valence-electron chi connectivity index (χ3n) is 4.01. The molecule has 0 bridgehead atoms. The van der Waals surface area contributed by atoms with E-state index < -0.39 is 6.09 Å². The lowest BCUT2D eigenvalue weighted by Gasteiger charge is -2.28. The third kappa shape index (κ3) is 3.65. The van der Waals surface area contributed by atoms with Crippen LogP contribution in [0.1, 0.15) is 6.92 Å². The molecule has 1 atom stereocenters. The molecule has 0 radical (unpaired) electrons. The Kier molecular flexibility index (Phi) is 5.03. The predicted octanol–water partition coefficient (Wildman–Crippen LogP) is 1.65. The summed E-state index contributed by atoms with van der Waals surface area (Å²) in [5, 5.41) is 6.70. The zero-order chi connectivity index (χ0) is 18.0. The second-order valence-electron chi connectivity index (χ2n) is 5.74. The van der Waals surface area contributed by atoms with Gasteiger partial charge in [-0.1, -0.05) is 5.16 Å². The highest BCUT2D eigenvalue weighted by Gasteiger charge is 2.33. The van der Waals surface area contributed by atoms with E-state index >= 15 is 0 Å². The Bertz CT molecular complexity index is 724. The number of nitrogens with one attached hydrogen (secondary N) is 1. The number of oxime groups is 1. The summed E-state index contributed by atoms with van der Waals surface area (Å²) in [7, 11) is 3.46. The average Bonchev–Trinajstić information content (AvgIpc) is 2.96. The van der Waals surface area contributed by atoms with Crippen LogP contribution in [0, 0.1) is 0 Å². The van der Waals surface area contributed by atoms with E-state index in [1.54, 1.807) is 16.7 Å². The number of cyclic esters (lactones) is 1. The van der Waals surface area contributed by atoms with Crippen molar-refractivity contribution in [1.29, 1.82) is 0 Å². The topological polar surface area (TPSA) is 83.5 Å². The van der Waals surface area contributed by atoms with Crippen LogP contribution in [0.3, 0.4) is 0 Å². The number of carbonyl (C=O) groups excluding carboxylic acids is 2. The number of thioether (sulfide) groups is 1. The summed E-state index contributed by atoms with van der Waals surface area (Å²) < 4.78 is 5.31. The van der Waals surface area contributed by atoms with Crippen LogP contribution in [0.4, 0.5) is 16.2 Å². The fourth-order valence-corrected chi connectivity index (χ4v) is 3.82. The highest BCUT2D eigenvalue weighted by atomic mass is 32.2. The lowest BCUT2D eigenvalue weighted by Crippen LogP contribution is -2.33. The molecule has 1 aromatic carbocycles. The SMILES string of the molecule is CO/N=C1\CSc2cc(N3C[C@H](CNC(C)=O)OC3=O)ccc2N1C. The first-order valence-corrected chi connectivity index (χ1v) is 8.81. The Balaban J connectivity index is 1.76. The van der Waals surface area contributed by atoms with Gasteiger partial charge < -0.3 is 19.8 Å². The fourth-order valence-electron chi connectivity index (χ4n) is 2.73. The normalized spacial score (nSPS) is 21.2. The van der Waals surface area contributed by atoms with Gasteiger partial charge in [0.15, 0.2) is 5.84 Å². The van der Waals surface area contributed by atoms with Crippen molar-refractivity contribution in [3.8, 4) is 0 Å². The summed E-state index contributed by atoms with van der Waals surface area (Å²) in [6.07, 6.45) is -0.741. The van der Waals surface area contributed by atoms with Gasteiger partial charge in [-0.15, -0.1) is 11.8 Å². The van der Waals surface area contributed by atoms with Crippen LogP contribution in [0.15, 0.2) is 28.3 Å². The molecule has 0 spiro atoms. The summed E-state index contributed by atoms with van der Waals surface area (Å²) in [6.45, 7) is 2.17. The number of nitrogens with zero attached hydrogens (tertiary/aromatic N) is 3. The van der Waals surface area contributed by atoms with Crippen molar-refractivity contribution in [2.75, 3.05) is 42.8 Å². The Labute approximate surface area is 150 Å². The first-order chi connectivity index (χ1) is 12.0. The Morgan fingerprint density at radius 1 is 1.52 bits per heavy atom. The van der Waals surface area contributed by atoms with Gasteiger partial charge in [-0.05, 0) is 18.2 Å². The highest BCUT2D eigenvalue weighted by Crippen LogP contribution is 2.38. The van der Waals surface area contributed by atoms with E-state index in [-0.39, 0.29) is 12.0 Å². The largest absolute Gasteiger partial charge is 0.442 e. The second-order valence-corrected chi connectivity index (χ2v) is 6.76. The number of benzene rings is 1. The number of ether oxygens (including phenoxy) is 1. The van der Waals surface area contributed by atoms with Crippen molar-refractivity contribution in [3.63, 3.8) is 0 Å². The Hall–Kier alpha value is -2.42. The van der Waals surface area contributed by atoms with Gasteiger partial charge in [0.1, 0.15) is 13.2 Å². The van der Waals surface area contributed by atoms with Gasteiger partial charge in [0, 0.05) is 24.6 Å². The molecule has 2 aliphatic heterocycles. The van der Waals surface area contributed by atoms with E-state index in [9.17, 15) is 9.59 Å². The minimum absolute atomic E-state index is 0.142. The molecule has 0 unspecified atom stereocenters. The number of carbonyl (C=O) groups is 2. The van der Waals surface area contributed by atoms with Crippen LogP contribution < -0.4 is 15.1 Å². The first kappa shape index (κ1) is 17.4. The molecule has 2 amide bonds. The van der Waals surface area contributed by atoms with Crippen molar-refractivity contribution >= 4 is 41.0 Å². The number of anilines is 2. The molecule has 134 valence electrons. The third-order valence-corrected chi connectivity index (χ3v) is 5.05. The van der Waals surface area contributed by atoms with E-state index in [4.69, 9.17) is 9.57 Å². The van der Waals surface area contributed by atoms with Gasteiger partial charge >= 0.3 is 6.09 Å². The number of hydrogen-bond acceptors (Lipinski definition) is 6. The number of hydrogen-bond donors (Lipinski definition) is 1. The summed E-state index contributed by atoms with van der Waals surface area (Å²) in [4.78, 5) is 32.6. The second kappa shape index (κ2) is 7.22. The summed E-state index contributed by atoms with van der Waals surface area (Å²) in [5.41, 5.74) is 1.79. The van der Waals surface area contributed by atoms with Gasteiger partial charge in [-0.25, -0.2) is 4.79 Å². The van der Waals surface area contributed by atoms with Gasteiger partial charge in [0.05, 0.1) is 24.5 Å². The molecule has 9 heteroatoms. The van der Waals surface area contributed by atoms with E-state index in [1.165, 1.54) is 14.0 Å². The molecule has 2 heterocycles. The van der Waals surface area contributed by atoms with Crippen LogP contribution in [0.5, 0.6) is 0 Å². The standard InChI is InChI=1S/C16H20N4O4S/c1-10(21)17-7-12-8-20(16(22)24-12)11-4-5-13-14(6-11)25-9-15(18-23-3)19(13)2/h4-6,12H,7-9H2,1-3H3,(H,17,21)/b18-15+/t12-/m0/s1. The van der Waals surface area contributed by atoms with Crippen LogP contribution >= 0.6 is 11.8 Å². The molecule has 25 heavy (non-hydrogen) atoms. The van der Waals surface area contributed by atoms with Gasteiger partial charge in [0.2, 0.25) is 5.91 Å².